The number of carboxylic acid groups (broad SMARTS) is 1. The van der Waals surface area contributed by atoms with Gasteiger partial charge in [0.05, 0.1) is 22.4 Å². The average molecular weight is 379 g/mol. The summed E-state index contributed by atoms with van der Waals surface area (Å²) < 4.78 is 0. The van der Waals surface area contributed by atoms with Crippen LogP contribution >= 0.6 is 11.6 Å². The molecule has 7 heteroatoms. The first-order chi connectivity index (χ1) is 12.2. The van der Waals surface area contributed by atoms with Crippen molar-refractivity contribution in [1.29, 1.82) is 0 Å². The van der Waals surface area contributed by atoms with Gasteiger partial charge in [0, 0.05) is 11.7 Å². The van der Waals surface area contributed by atoms with Crippen LogP contribution in [0.4, 0.5) is 5.69 Å². The first-order valence-electron chi connectivity index (χ1n) is 8.86. The SMILES string of the molecule is CC1(C)[C@H](C(=O)Nc2ccc(Cl)c(C(=O)NC3CCCC3)c2)[C@@H]1C(=O)O. The summed E-state index contributed by atoms with van der Waals surface area (Å²) in [6.07, 6.45) is 4.15. The quantitative estimate of drug-likeness (QED) is 0.732. The Morgan fingerprint density at radius 3 is 2.38 bits per heavy atom. The van der Waals surface area contributed by atoms with Gasteiger partial charge in [-0.05, 0) is 36.5 Å². The third kappa shape index (κ3) is 3.56. The molecule has 0 aromatic heterocycles. The molecule has 0 radical (unpaired) electrons. The number of halogens is 1. The van der Waals surface area contributed by atoms with E-state index in [1.54, 1.807) is 26.0 Å². The van der Waals surface area contributed by atoms with Gasteiger partial charge < -0.3 is 15.7 Å². The van der Waals surface area contributed by atoms with E-state index in [0.29, 0.717) is 16.3 Å². The van der Waals surface area contributed by atoms with Crippen molar-refractivity contribution in [1.82, 2.24) is 5.32 Å². The normalized spacial score (nSPS) is 24.1. The number of aliphatic carboxylic acids is 1. The Balaban J connectivity index is 1.70. The molecule has 140 valence electrons. The van der Waals surface area contributed by atoms with E-state index in [9.17, 15) is 19.5 Å². The second-order valence-corrected chi connectivity index (χ2v) is 8.16. The van der Waals surface area contributed by atoms with Crippen LogP contribution in [0, 0.1) is 17.3 Å². The van der Waals surface area contributed by atoms with Gasteiger partial charge in [0.15, 0.2) is 0 Å². The molecule has 1 aromatic rings. The summed E-state index contributed by atoms with van der Waals surface area (Å²) in [5.74, 6) is -2.87. The summed E-state index contributed by atoms with van der Waals surface area (Å²) in [6, 6.07) is 4.88. The van der Waals surface area contributed by atoms with E-state index in [1.165, 1.54) is 6.07 Å². The van der Waals surface area contributed by atoms with Crippen LogP contribution < -0.4 is 10.6 Å². The molecule has 2 aliphatic carbocycles. The molecular weight excluding hydrogens is 356 g/mol. The number of carboxylic acids is 1. The van der Waals surface area contributed by atoms with Gasteiger partial charge >= 0.3 is 5.97 Å². The van der Waals surface area contributed by atoms with Crippen molar-refractivity contribution in [2.75, 3.05) is 5.32 Å². The summed E-state index contributed by atoms with van der Waals surface area (Å²) in [5.41, 5.74) is 0.161. The van der Waals surface area contributed by atoms with Crippen molar-refractivity contribution in [3.05, 3.63) is 28.8 Å². The molecule has 3 rings (SSSR count). The summed E-state index contributed by atoms with van der Waals surface area (Å²) in [6.45, 7) is 3.52. The van der Waals surface area contributed by atoms with Crippen LogP contribution in [0.3, 0.4) is 0 Å². The zero-order chi connectivity index (χ0) is 19.1. The Bertz CT molecular complexity index is 756. The molecule has 26 heavy (non-hydrogen) atoms. The summed E-state index contributed by atoms with van der Waals surface area (Å²) >= 11 is 6.15. The molecule has 6 nitrogen and oxygen atoms in total. The predicted molar refractivity (Wildman–Crippen MR) is 98.2 cm³/mol. The van der Waals surface area contributed by atoms with Crippen molar-refractivity contribution >= 4 is 35.1 Å². The highest BCUT2D eigenvalue weighted by atomic mass is 35.5. The minimum atomic E-state index is -0.970. The first kappa shape index (κ1) is 18.7. The first-order valence-corrected chi connectivity index (χ1v) is 9.23. The van der Waals surface area contributed by atoms with Crippen LogP contribution in [-0.2, 0) is 9.59 Å². The monoisotopic (exact) mass is 378 g/mol. The molecule has 2 saturated carbocycles. The fourth-order valence-electron chi connectivity index (χ4n) is 3.92. The molecule has 3 N–H and O–H groups in total. The minimum absolute atomic E-state index is 0.167. The summed E-state index contributed by atoms with van der Waals surface area (Å²) in [5, 5.41) is 15.2. The highest BCUT2D eigenvalue weighted by molar-refractivity contribution is 6.34. The largest absolute Gasteiger partial charge is 0.481 e. The van der Waals surface area contributed by atoms with Gasteiger partial charge in [-0.1, -0.05) is 38.3 Å². The molecule has 0 bridgehead atoms. The lowest BCUT2D eigenvalue weighted by Gasteiger charge is -2.14. The third-order valence-corrected chi connectivity index (χ3v) is 5.87. The fourth-order valence-corrected chi connectivity index (χ4v) is 4.12. The van der Waals surface area contributed by atoms with E-state index in [4.69, 9.17) is 11.6 Å². The van der Waals surface area contributed by atoms with Gasteiger partial charge in [-0.15, -0.1) is 0 Å². The van der Waals surface area contributed by atoms with E-state index >= 15 is 0 Å². The maximum Gasteiger partial charge on any atom is 0.307 e. The van der Waals surface area contributed by atoms with E-state index in [1.807, 2.05) is 0 Å². The predicted octanol–water partition coefficient (Wildman–Crippen LogP) is 3.31. The molecule has 2 aliphatic rings. The molecule has 1 aromatic carbocycles. The number of hydrogen-bond acceptors (Lipinski definition) is 3. The zero-order valence-electron chi connectivity index (χ0n) is 14.8. The molecule has 2 atom stereocenters. The number of rotatable bonds is 5. The fraction of sp³-hybridized carbons (Fsp3) is 0.526. The smallest absolute Gasteiger partial charge is 0.307 e. The Labute approximate surface area is 157 Å². The molecule has 0 spiro atoms. The molecule has 0 saturated heterocycles. The topological polar surface area (TPSA) is 95.5 Å². The molecule has 0 unspecified atom stereocenters. The highest BCUT2D eigenvalue weighted by Gasteiger charge is 2.65. The van der Waals surface area contributed by atoms with Crippen LogP contribution in [0.1, 0.15) is 49.9 Å². The number of nitrogens with one attached hydrogen (secondary N) is 2. The number of carbonyl (C=O) groups is 3. The van der Waals surface area contributed by atoms with Crippen molar-refractivity contribution in [2.24, 2.45) is 17.3 Å². The zero-order valence-corrected chi connectivity index (χ0v) is 15.6. The maximum absolute atomic E-state index is 12.5. The lowest BCUT2D eigenvalue weighted by atomic mass is 10.1. The third-order valence-electron chi connectivity index (χ3n) is 5.54. The molecule has 0 aliphatic heterocycles. The Kier molecular flexibility index (Phi) is 4.97. The Hall–Kier alpha value is -2.08. The Morgan fingerprint density at radius 2 is 1.81 bits per heavy atom. The molecule has 2 amide bonds. The standard InChI is InChI=1S/C19H23ClN2O4/c1-19(2)14(15(19)18(25)26)17(24)22-11-7-8-13(20)12(9-11)16(23)21-10-5-3-4-6-10/h7-10,14-15H,3-6H2,1-2H3,(H,21,23)(H,22,24)(H,25,26)/t14-,15+/m0/s1. The molecule has 2 fully saturated rings. The van der Waals surface area contributed by atoms with Crippen LogP contribution in [0.2, 0.25) is 5.02 Å². The van der Waals surface area contributed by atoms with E-state index in [0.717, 1.165) is 25.7 Å². The van der Waals surface area contributed by atoms with Crippen LogP contribution in [-0.4, -0.2) is 28.9 Å². The maximum atomic E-state index is 12.5. The van der Waals surface area contributed by atoms with Crippen molar-refractivity contribution in [2.45, 2.75) is 45.6 Å². The lowest BCUT2D eigenvalue weighted by molar-refractivity contribution is -0.140. The second-order valence-electron chi connectivity index (χ2n) is 7.75. The van der Waals surface area contributed by atoms with Gasteiger partial charge in [0.25, 0.3) is 5.91 Å². The van der Waals surface area contributed by atoms with E-state index in [-0.39, 0.29) is 17.9 Å². The van der Waals surface area contributed by atoms with Gasteiger partial charge in [-0.25, -0.2) is 0 Å². The number of benzene rings is 1. The van der Waals surface area contributed by atoms with Crippen LogP contribution in [0.25, 0.3) is 0 Å². The summed E-state index contributed by atoms with van der Waals surface area (Å²) in [4.78, 5) is 36.2. The van der Waals surface area contributed by atoms with Crippen molar-refractivity contribution in [3.63, 3.8) is 0 Å². The summed E-state index contributed by atoms with van der Waals surface area (Å²) in [7, 11) is 0. The average Bonchev–Trinajstić information content (AvgIpc) is 2.90. The highest BCUT2D eigenvalue weighted by Crippen LogP contribution is 2.58. The number of amides is 2. The number of carbonyl (C=O) groups excluding carboxylic acids is 2. The van der Waals surface area contributed by atoms with Crippen molar-refractivity contribution < 1.29 is 19.5 Å². The molecule has 0 heterocycles. The van der Waals surface area contributed by atoms with Gasteiger partial charge in [-0.3, -0.25) is 14.4 Å². The van der Waals surface area contributed by atoms with Crippen molar-refractivity contribution in [3.8, 4) is 0 Å². The van der Waals surface area contributed by atoms with Gasteiger partial charge in [0.2, 0.25) is 5.91 Å². The lowest BCUT2D eigenvalue weighted by Crippen LogP contribution is -2.32. The van der Waals surface area contributed by atoms with Crippen LogP contribution in [0.5, 0.6) is 0 Å². The van der Waals surface area contributed by atoms with Gasteiger partial charge in [0.1, 0.15) is 0 Å². The Morgan fingerprint density at radius 1 is 1.15 bits per heavy atom. The van der Waals surface area contributed by atoms with E-state index in [2.05, 4.69) is 10.6 Å². The van der Waals surface area contributed by atoms with Gasteiger partial charge in [-0.2, -0.15) is 0 Å². The second kappa shape index (κ2) is 6.91. The van der Waals surface area contributed by atoms with Crippen LogP contribution in [0.15, 0.2) is 18.2 Å². The number of hydrogen-bond donors (Lipinski definition) is 3. The minimum Gasteiger partial charge on any atom is -0.481 e. The number of anilines is 1. The van der Waals surface area contributed by atoms with E-state index < -0.39 is 23.2 Å². The molecular formula is C19H23ClN2O4.